The summed E-state index contributed by atoms with van der Waals surface area (Å²) >= 11 is 0. The van der Waals surface area contributed by atoms with E-state index >= 15 is 0 Å². The SMILES string of the molecule is [2H]c1cc([2H])c(C(=O)c2c([2H])c([2H])c([2H])n2C(=O)c2c([2H])cc([2H])c(O[Si](C)(C)C(C)(C)C)c2[2H])c([2H])c1O[Si](C)(C)C(C)(C)C. The summed E-state index contributed by atoms with van der Waals surface area (Å²) in [5.74, 6) is -2.92. The summed E-state index contributed by atoms with van der Waals surface area (Å²) in [6.45, 7) is 19.2. The van der Waals surface area contributed by atoms with Gasteiger partial charge in [-0.15, -0.1) is 0 Å². The Labute approximate surface area is 236 Å². The van der Waals surface area contributed by atoms with Crippen LogP contribution in [-0.4, -0.2) is 32.9 Å². The van der Waals surface area contributed by atoms with Crippen LogP contribution in [0.2, 0.25) is 36.3 Å². The summed E-state index contributed by atoms with van der Waals surface area (Å²) in [5, 5.41) is -0.678. The molecule has 1 heterocycles. The van der Waals surface area contributed by atoms with Crippen molar-refractivity contribution in [2.45, 2.75) is 77.8 Å². The minimum atomic E-state index is -2.64. The molecule has 1 aromatic heterocycles. The van der Waals surface area contributed by atoms with Gasteiger partial charge in [-0.1, -0.05) is 59.7 Å². The van der Waals surface area contributed by atoms with Gasteiger partial charge in [-0.2, -0.15) is 0 Å². The molecule has 0 aliphatic rings. The average molecular weight is 545 g/mol. The molecule has 0 N–H and O–H groups in total. The molecule has 0 saturated carbocycles. The summed E-state index contributed by atoms with van der Waals surface area (Å²) in [5.41, 5.74) is -2.01. The Morgan fingerprint density at radius 1 is 0.757 bits per heavy atom. The molecule has 0 unspecified atom stereocenters. The van der Waals surface area contributed by atoms with Crippen LogP contribution in [0.1, 0.15) is 80.3 Å². The van der Waals surface area contributed by atoms with Gasteiger partial charge in [0.25, 0.3) is 5.91 Å². The molecule has 0 bridgehead atoms. The standard InChI is InChI=1S/C30H41NO4Si2/c1-29(2,3)36(7,8)34-24-16-11-14-22(20-24)27(32)26-18-13-19-31(26)28(33)23-15-12-17-25(21-23)35-37(9,10)30(4,5)6/h11-21H,1-10H3/i13D,14D,15D,16D,17D,18D,19D,20D,21D. The maximum atomic E-state index is 14.1. The van der Waals surface area contributed by atoms with Gasteiger partial charge in [-0.05, 0) is 78.6 Å². The van der Waals surface area contributed by atoms with E-state index in [0.29, 0.717) is 4.57 Å². The molecule has 2 aromatic carbocycles. The molecule has 5 nitrogen and oxygen atoms in total. The number of hydrogen-bond donors (Lipinski definition) is 0. The monoisotopic (exact) mass is 544 g/mol. The number of aromatic nitrogens is 1. The smallest absolute Gasteiger partial charge is 0.262 e. The molecule has 3 rings (SSSR count). The number of ketones is 1. The van der Waals surface area contributed by atoms with Crippen molar-refractivity contribution in [2.24, 2.45) is 0 Å². The first-order chi connectivity index (χ1) is 20.7. The fraction of sp³-hybridized carbons (Fsp3) is 0.400. The van der Waals surface area contributed by atoms with E-state index in [4.69, 9.17) is 21.2 Å². The van der Waals surface area contributed by atoms with E-state index in [1.165, 1.54) is 0 Å². The van der Waals surface area contributed by atoms with Crippen molar-refractivity contribution in [1.82, 2.24) is 4.57 Å². The molecule has 0 amide bonds. The summed E-state index contributed by atoms with van der Waals surface area (Å²) in [6, 6.07) is -2.48. The Morgan fingerprint density at radius 3 is 1.70 bits per heavy atom. The van der Waals surface area contributed by atoms with Crippen LogP contribution in [0.5, 0.6) is 11.5 Å². The van der Waals surface area contributed by atoms with Gasteiger partial charge in [0.1, 0.15) is 11.5 Å². The molecule has 0 aliphatic carbocycles. The van der Waals surface area contributed by atoms with E-state index in [1.807, 2.05) is 67.7 Å². The lowest BCUT2D eigenvalue weighted by Gasteiger charge is -2.36. The van der Waals surface area contributed by atoms with Gasteiger partial charge in [0.15, 0.2) is 0 Å². The number of rotatable bonds is 7. The third-order valence-corrected chi connectivity index (χ3v) is 15.7. The Morgan fingerprint density at radius 2 is 1.22 bits per heavy atom. The zero-order chi connectivity index (χ0) is 35.6. The number of nitrogens with zero attached hydrogens (tertiary/aromatic N) is 1. The molecular weight excluding hydrogens is 495 g/mol. The lowest BCUT2D eigenvalue weighted by molar-refractivity contribution is 0.0933. The molecule has 0 radical (unpaired) electrons. The van der Waals surface area contributed by atoms with Crippen LogP contribution in [0.3, 0.4) is 0 Å². The van der Waals surface area contributed by atoms with Crippen molar-refractivity contribution in [2.75, 3.05) is 0 Å². The van der Waals surface area contributed by atoms with Gasteiger partial charge in [-0.3, -0.25) is 14.2 Å². The van der Waals surface area contributed by atoms with E-state index in [1.54, 1.807) is 0 Å². The zero-order valence-electron chi connectivity index (χ0n) is 32.2. The van der Waals surface area contributed by atoms with E-state index in [-0.39, 0.29) is 33.7 Å². The van der Waals surface area contributed by atoms with Gasteiger partial charge in [0, 0.05) is 17.3 Å². The molecule has 0 spiro atoms. The summed E-state index contributed by atoms with van der Waals surface area (Å²) in [6.07, 6.45) is -0.869. The van der Waals surface area contributed by atoms with E-state index < -0.39 is 87.6 Å². The predicted octanol–water partition coefficient (Wildman–Crippen LogP) is 8.18. The van der Waals surface area contributed by atoms with Crippen molar-refractivity contribution in [3.63, 3.8) is 0 Å². The van der Waals surface area contributed by atoms with E-state index in [9.17, 15) is 9.59 Å². The van der Waals surface area contributed by atoms with Crippen molar-refractivity contribution in [3.8, 4) is 11.5 Å². The molecule has 7 heteroatoms. The van der Waals surface area contributed by atoms with Gasteiger partial charge >= 0.3 is 0 Å². The first kappa shape index (κ1) is 18.4. The van der Waals surface area contributed by atoms with E-state index in [2.05, 4.69) is 0 Å². The minimum absolute atomic E-state index is 0.237. The lowest BCUT2D eigenvalue weighted by atomic mass is 10.1. The van der Waals surface area contributed by atoms with Crippen LogP contribution in [0.4, 0.5) is 0 Å². The first-order valence-corrected chi connectivity index (χ1v) is 17.9. The normalized spacial score (nSPS) is 16.2. The first-order valence-electron chi connectivity index (χ1n) is 16.6. The molecule has 0 fully saturated rings. The maximum Gasteiger partial charge on any atom is 0.262 e. The summed E-state index contributed by atoms with van der Waals surface area (Å²) < 4.78 is 89.4. The highest BCUT2D eigenvalue weighted by Gasteiger charge is 2.40. The number of carbonyl (C=O) groups is 2. The molecule has 0 aliphatic heterocycles. The van der Waals surface area contributed by atoms with Crippen LogP contribution < -0.4 is 8.85 Å². The Balaban J connectivity index is 2.29. The Kier molecular flexibility index (Phi) is 5.01. The largest absolute Gasteiger partial charge is 0.543 e. The molecule has 0 atom stereocenters. The fourth-order valence-corrected chi connectivity index (χ4v) is 4.53. The van der Waals surface area contributed by atoms with Gasteiger partial charge < -0.3 is 8.85 Å². The molecule has 0 saturated heterocycles. The average Bonchev–Trinajstić information content (AvgIpc) is 3.11. The third kappa shape index (κ3) is 6.33. The molecule has 198 valence electrons. The van der Waals surface area contributed by atoms with Gasteiger partial charge in [-0.25, -0.2) is 0 Å². The number of hydrogen-bond acceptors (Lipinski definition) is 4. The van der Waals surface area contributed by atoms with Crippen LogP contribution >= 0.6 is 0 Å². The molecule has 37 heavy (non-hydrogen) atoms. The summed E-state index contributed by atoms with van der Waals surface area (Å²) in [4.78, 5) is 28.2. The van der Waals surface area contributed by atoms with Crippen LogP contribution in [0.25, 0.3) is 0 Å². The maximum absolute atomic E-state index is 14.1. The van der Waals surface area contributed by atoms with Gasteiger partial charge in [0.05, 0.1) is 18.0 Å². The number of carbonyl (C=O) groups excluding carboxylic acids is 2. The van der Waals surface area contributed by atoms with E-state index in [0.717, 1.165) is 12.1 Å². The number of benzene rings is 2. The second-order valence-electron chi connectivity index (χ2n) is 11.9. The second-order valence-corrected chi connectivity index (χ2v) is 21.4. The predicted molar refractivity (Wildman–Crippen MR) is 156 cm³/mol. The summed E-state index contributed by atoms with van der Waals surface area (Å²) in [7, 11) is -5.28. The van der Waals surface area contributed by atoms with Crippen molar-refractivity contribution in [1.29, 1.82) is 0 Å². The van der Waals surface area contributed by atoms with Gasteiger partial charge in [0.2, 0.25) is 22.4 Å². The highest BCUT2D eigenvalue weighted by molar-refractivity contribution is 6.75. The highest BCUT2D eigenvalue weighted by Crippen LogP contribution is 2.38. The van der Waals surface area contributed by atoms with Crippen molar-refractivity contribution < 1.29 is 30.8 Å². The highest BCUT2D eigenvalue weighted by atomic mass is 28.4. The Hall–Kier alpha value is -2.91. The fourth-order valence-electron chi connectivity index (χ4n) is 2.68. The Bertz CT molecular complexity index is 1630. The quantitative estimate of drug-likeness (QED) is 0.222. The minimum Gasteiger partial charge on any atom is -0.543 e. The van der Waals surface area contributed by atoms with Crippen molar-refractivity contribution >= 4 is 28.3 Å². The lowest BCUT2D eigenvalue weighted by Crippen LogP contribution is -2.43. The topological polar surface area (TPSA) is 57.5 Å². The zero-order valence-corrected chi connectivity index (χ0v) is 25.2. The molecular formula is C30H41NO4Si2. The third-order valence-electron chi connectivity index (χ3n) is 7.07. The van der Waals surface area contributed by atoms with Crippen LogP contribution in [0.15, 0.2) is 66.6 Å². The second kappa shape index (κ2) is 10.1. The van der Waals surface area contributed by atoms with Crippen LogP contribution in [0, 0.1) is 0 Å². The van der Waals surface area contributed by atoms with Crippen LogP contribution in [-0.2, 0) is 0 Å². The van der Waals surface area contributed by atoms with Crippen molar-refractivity contribution in [3.05, 3.63) is 83.5 Å². The molecule has 3 aromatic rings.